The first-order valence-electron chi connectivity index (χ1n) is 17.5. The number of aliphatic carboxylic acids is 1. The Labute approximate surface area is 265 Å². The van der Waals surface area contributed by atoms with Crippen LogP contribution in [0.15, 0.2) is 12.2 Å². The van der Waals surface area contributed by atoms with E-state index >= 15 is 0 Å². The average molecular weight is 615 g/mol. The van der Waals surface area contributed by atoms with Crippen molar-refractivity contribution in [1.82, 2.24) is 0 Å². The first-order valence-corrected chi connectivity index (χ1v) is 17.5. The van der Waals surface area contributed by atoms with Gasteiger partial charge >= 0.3 is 12.1 Å². The van der Waals surface area contributed by atoms with E-state index in [1.807, 2.05) is 13.8 Å². The fraction of sp³-hybridized carbons (Fsp3) is 0.892. The highest BCUT2D eigenvalue weighted by molar-refractivity contribution is 5.76. The van der Waals surface area contributed by atoms with E-state index in [0.29, 0.717) is 30.3 Å². The molecule has 6 fully saturated rings. The molecule has 6 rings (SSSR count). The molecule has 1 heterocycles. The van der Waals surface area contributed by atoms with Crippen LogP contribution < -0.4 is 0 Å². The molecule has 1 saturated heterocycles. The van der Waals surface area contributed by atoms with Gasteiger partial charge in [0.15, 0.2) is 5.79 Å². The minimum Gasteiger partial charge on any atom is -0.481 e. The lowest BCUT2D eigenvalue weighted by atomic mass is 9.32. The van der Waals surface area contributed by atoms with Gasteiger partial charge in [-0.25, -0.2) is 4.79 Å². The van der Waals surface area contributed by atoms with E-state index in [0.717, 1.165) is 64.2 Å². The third-order valence-corrected chi connectivity index (χ3v) is 15.1. The lowest BCUT2D eigenvalue weighted by Gasteiger charge is -2.72. The number of hydrogen-bond donors (Lipinski definition) is 1. The maximum absolute atomic E-state index is 12.9. The minimum absolute atomic E-state index is 0.105. The number of carbonyl (C=O) groups excluding carboxylic acids is 1. The quantitative estimate of drug-likeness (QED) is 0.246. The van der Waals surface area contributed by atoms with Crippen molar-refractivity contribution >= 4 is 12.1 Å². The Morgan fingerprint density at radius 1 is 0.864 bits per heavy atom. The van der Waals surface area contributed by atoms with Crippen LogP contribution in [-0.2, 0) is 23.7 Å². The molecule has 11 atom stereocenters. The number of allylic oxidation sites excluding steroid dienone is 1. The summed E-state index contributed by atoms with van der Waals surface area (Å²) >= 11 is 0. The van der Waals surface area contributed by atoms with Crippen molar-refractivity contribution in [1.29, 1.82) is 0 Å². The molecule has 248 valence electrons. The zero-order valence-electron chi connectivity index (χ0n) is 28.6. The molecular weight excluding hydrogens is 556 g/mol. The Morgan fingerprint density at radius 3 is 2.23 bits per heavy atom. The molecule has 1 N–H and O–H groups in total. The van der Waals surface area contributed by atoms with Crippen LogP contribution in [0.1, 0.15) is 120 Å². The molecule has 1 aliphatic heterocycles. The van der Waals surface area contributed by atoms with Gasteiger partial charge in [0.1, 0.15) is 18.8 Å². The van der Waals surface area contributed by atoms with Crippen LogP contribution in [0, 0.1) is 56.7 Å². The summed E-state index contributed by atoms with van der Waals surface area (Å²) in [6.45, 7) is 23.0. The van der Waals surface area contributed by atoms with E-state index in [1.54, 1.807) is 0 Å². The number of ether oxygens (including phenoxy) is 4. The monoisotopic (exact) mass is 614 g/mol. The molecule has 0 bridgehead atoms. The van der Waals surface area contributed by atoms with Crippen molar-refractivity contribution in [3.8, 4) is 0 Å². The van der Waals surface area contributed by atoms with E-state index in [4.69, 9.17) is 18.9 Å². The van der Waals surface area contributed by atoms with E-state index in [-0.39, 0.29) is 46.4 Å². The van der Waals surface area contributed by atoms with Crippen LogP contribution in [0.2, 0.25) is 0 Å². The summed E-state index contributed by atoms with van der Waals surface area (Å²) in [5.74, 6) is 0.699. The molecule has 0 aromatic heterocycles. The van der Waals surface area contributed by atoms with Gasteiger partial charge in [-0.3, -0.25) is 4.79 Å². The van der Waals surface area contributed by atoms with Crippen molar-refractivity contribution in [3.63, 3.8) is 0 Å². The molecule has 6 aliphatic rings. The first kappa shape index (κ1) is 32.3. The highest BCUT2D eigenvalue weighted by atomic mass is 16.8. The summed E-state index contributed by atoms with van der Waals surface area (Å²) in [4.78, 5) is 25.8. The standard InChI is InChI=1S/C37H58O7/c1-22(2)24-12-17-37(30(38)39)19-18-35(8)25(29(24)37)10-11-27-34(7)15-14-28(32(3,4)26(34)13-16-36(27,35)9)43-31(40)41-20-23-21-42-33(5,6)44-23/h23-29H,1,10-21H2,2-9H3,(H,38,39)/t23?,24-,25+,26-,27?,28-,29+,34-,35+,36+,37-/m0/s1. The Kier molecular flexibility index (Phi) is 7.68. The smallest absolute Gasteiger partial charge is 0.481 e. The zero-order valence-corrected chi connectivity index (χ0v) is 28.6. The van der Waals surface area contributed by atoms with E-state index in [9.17, 15) is 14.7 Å². The number of carboxylic acid groups (broad SMARTS) is 1. The van der Waals surface area contributed by atoms with Crippen LogP contribution in [0.5, 0.6) is 0 Å². The molecule has 7 nitrogen and oxygen atoms in total. The lowest BCUT2D eigenvalue weighted by Crippen LogP contribution is -2.67. The van der Waals surface area contributed by atoms with Gasteiger partial charge in [0.25, 0.3) is 0 Å². The molecule has 7 heteroatoms. The summed E-state index contributed by atoms with van der Waals surface area (Å²) in [5, 5.41) is 10.6. The molecule has 0 spiro atoms. The van der Waals surface area contributed by atoms with Gasteiger partial charge in [-0.05, 0) is 131 Å². The van der Waals surface area contributed by atoms with Crippen LogP contribution in [-0.4, -0.2) is 48.4 Å². The predicted molar refractivity (Wildman–Crippen MR) is 168 cm³/mol. The number of rotatable bonds is 5. The summed E-state index contributed by atoms with van der Waals surface area (Å²) < 4.78 is 23.0. The summed E-state index contributed by atoms with van der Waals surface area (Å²) in [6.07, 6.45) is 8.87. The second-order valence-corrected chi connectivity index (χ2v) is 17.6. The topological polar surface area (TPSA) is 91.3 Å². The largest absolute Gasteiger partial charge is 0.508 e. The number of carbonyl (C=O) groups is 2. The molecule has 5 saturated carbocycles. The van der Waals surface area contributed by atoms with E-state index in [2.05, 4.69) is 48.1 Å². The first-order chi connectivity index (χ1) is 20.4. The predicted octanol–water partition coefficient (Wildman–Crippen LogP) is 8.40. The normalized spacial score (nSPS) is 48.7. The van der Waals surface area contributed by atoms with Gasteiger partial charge in [0.05, 0.1) is 12.0 Å². The third-order valence-electron chi connectivity index (χ3n) is 15.1. The molecule has 0 aromatic carbocycles. The highest BCUT2D eigenvalue weighted by Gasteiger charge is 2.72. The van der Waals surface area contributed by atoms with Gasteiger partial charge in [-0.15, -0.1) is 0 Å². The minimum atomic E-state index is -0.653. The Morgan fingerprint density at radius 2 is 1.59 bits per heavy atom. The molecule has 2 unspecified atom stereocenters. The second-order valence-electron chi connectivity index (χ2n) is 17.6. The Hall–Kier alpha value is -1.60. The van der Waals surface area contributed by atoms with Gasteiger partial charge < -0.3 is 24.1 Å². The summed E-state index contributed by atoms with van der Waals surface area (Å²) in [5.41, 5.74) is 0.802. The molecule has 0 aromatic rings. The fourth-order valence-electron chi connectivity index (χ4n) is 12.9. The molecular formula is C37H58O7. The molecule has 0 amide bonds. The lowest BCUT2D eigenvalue weighted by molar-refractivity contribution is -0.249. The Balaban J connectivity index is 1.20. The number of hydrogen-bond acceptors (Lipinski definition) is 6. The third kappa shape index (κ3) is 4.55. The van der Waals surface area contributed by atoms with Crippen molar-refractivity contribution in [2.45, 2.75) is 138 Å². The van der Waals surface area contributed by atoms with Crippen molar-refractivity contribution in [2.24, 2.45) is 56.7 Å². The van der Waals surface area contributed by atoms with Gasteiger partial charge in [0, 0.05) is 5.41 Å². The maximum atomic E-state index is 12.9. The Bertz CT molecular complexity index is 1190. The molecule has 44 heavy (non-hydrogen) atoms. The van der Waals surface area contributed by atoms with E-state index < -0.39 is 23.3 Å². The molecule has 5 aliphatic carbocycles. The van der Waals surface area contributed by atoms with Crippen molar-refractivity contribution < 1.29 is 33.6 Å². The van der Waals surface area contributed by atoms with Gasteiger partial charge in [-0.2, -0.15) is 0 Å². The zero-order chi connectivity index (χ0) is 32.1. The number of carboxylic acids is 1. The average Bonchev–Trinajstić information content (AvgIpc) is 3.50. The molecule has 0 radical (unpaired) electrons. The van der Waals surface area contributed by atoms with E-state index in [1.165, 1.54) is 5.57 Å². The summed E-state index contributed by atoms with van der Waals surface area (Å²) in [7, 11) is 0. The van der Waals surface area contributed by atoms with Crippen LogP contribution in [0.25, 0.3) is 0 Å². The van der Waals surface area contributed by atoms with Crippen LogP contribution in [0.4, 0.5) is 4.79 Å². The van der Waals surface area contributed by atoms with Crippen molar-refractivity contribution in [2.75, 3.05) is 13.2 Å². The SMILES string of the molecule is C=C(C)[C@@H]1CC[C@]2(C(=O)O)CC[C@]3(C)[C@H](CCC4[C@@]5(C)CC[C@H](OC(=O)OCC6COC(C)(C)O6)C(C)(C)[C@@H]5CC[C@]43C)[C@@H]12. The maximum Gasteiger partial charge on any atom is 0.508 e. The van der Waals surface area contributed by atoms with Gasteiger partial charge in [-0.1, -0.05) is 46.8 Å². The number of fused-ring (bicyclic) bond motifs is 7. The van der Waals surface area contributed by atoms with Gasteiger partial charge in [0.2, 0.25) is 0 Å². The van der Waals surface area contributed by atoms with Crippen molar-refractivity contribution in [3.05, 3.63) is 12.2 Å². The second kappa shape index (κ2) is 10.5. The highest BCUT2D eigenvalue weighted by Crippen LogP contribution is 2.77. The fourth-order valence-corrected chi connectivity index (χ4v) is 12.9. The summed E-state index contributed by atoms with van der Waals surface area (Å²) in [6, 6.07) is 0. The van der Waals surface area contributed by atoms with Crippen LogP contribution in [0.3, 0.4) is 0 Å². The van der Waals surface area contributed by atoms with Crippen LogP contribution >= 0.6 is 0 Å².